The van der Waals surface area contributed by atoms with Crippen molar-refractivity contribution in [1.29, 1.82) is 5.26 Å². The molecule has 0 bridgehead atoms. The van der Waals surface area contributed by atoms with E-state index >= 15 is 0 Å². The molecular formula is C10H13NS. The van der Waals surface area contributed by atoms with Gasteiger partial charge in [0, 0.05) is 4.88 Å². The first-order chi connectivity index (χ1) is 5.81. The largest absolute Gasteiger partial charge is 0.192 e. The van der Waals surface area contributed by atoms with Gasteiger partial charge in [-0.05, 0) is 24.5 Å². The van der Waals surface area contributed by atoms with E-state index in [0.717, 1.165) is 24.1 Å². The summed E-state index contributed by atoms with van der Waals surface area (Å²) in [6.07, 6.45) is 3.33. The van der Waals surface area contributed by atoms with E-state index < -0.39 is 0 Å². The highest BCUT2D eigenvalue weighted by Crippen LogP contribution is 2.23. The van der Waals surface area contributed by atoms with E-state index in [9.17, 15) is 0 Å². The summed E-state index contributed by atoms with van der Waals surface area (Å²) < 4.78 is 0. The van der Waals surface area contributed by atoms with Crippen LogP contribution in [0.2, 0.25) is 0 Å². The molecule has 0 N–H and O–H groups in total. The van der Waals surface area contributed by atoms with E-state index in [1.807, 2.05) is 6.07 Å². The second-order valence-corrected chi connectivity index (χ2v) is 3.91. The summed E-state index contributed by atoms with van der Waals surface area (Å²) in [5.41, 5.74) is 1.38. The van der Waals surface area contributed by atoms with Crippen LogP contribution in [-0.4, -0.2) is 0 Å². The molecule has 1 heterocycles. The number of hydrogen-bond donors (Lipinski definition) is 0. The Hall–Kier alpha value is -0.810. The predicted octanol–water partition coefficient (Wildman–Crippen LogP) is 3.13. The second-order valence-electron chi connectivity index (χ2n) is 2.77. The van der Waals surface area contributed by atoms with Crippen molar-refractivity contribution in [3.05, 3.63) is 21.4 Å². The summed E-state index contributed by atoms with van der Waals surface area (Å²) in [6.45, 7) is 4.31. The fourth-order valence-electron chi connectivity index (χ4n) is 1.30. The Kier molecular flexibility index (Phi) is 3.31. The van der Waals surface area contributed by atoms with E-state index in [1.165, 1.54) is 10.4 Å². The van der Waals surface area contributed by atoms with Gasteiger partial charge in [-0.3, -0.25) is 0 Å². The zero-order chi connectivity index (χ0) is 8.97. The first-order valence-corrected chi connectivity index (χ1v) is 5.15. The topological polar surface area (TPSA) is 23.8 Å². The molecule has 1 aromatic rings. The van der Waals surface area contributed by atoms with Gasteiger partial charge in [-0.15, -0.1) is 11.3 Å². The van der Waals surface area contributed by atoms with Crippen LogP contribution < -0.4 is 0 Å². The SMILES string of the molecule is CCCc1cc(C#N)sc1CC. The molecule has 0 amide bonds. The lowest BCUT2D eigenvalue weighted by Crippen LogP contribution is -1.84. The van der Waals surface area contributed by atoms with Crippen LogP contribution in [0.3, 0.4) is 0 Å². The van der Waals surface area contributed by atoms with Crippen LogP contribution in [0.4, 0.5) is 0 Å². The maximum atomic E-state index is 8.70. The summed E-state index contributed by atoms with van der Waals surface area (Å²) >= 11 is 1.64. The highest BCUT2D eigenvalue weighted by atomic mass is 32.1. The fourth-order valence-corrected chi connectivity index (χ4v) is 2.25. The van der Waals surface area contributed by atoms with Gasteiger partial charge in [0.05, 0.1) is 0 Å². The van der Waals surface area contributed by atoms with Gasteiger partial charge in [-0.1, -0.05) is 20.3 Å². The Morgan fingerprint density at radius 2 is 2.25 bits per heavy atom. The molecule has 0 aliphatic heterocycles. The first-order valence-electron chi connectivity index (χ1n) is 4.33. The van der Waals surface area contributed by atoms with Crippen molar-refractivity contribution in [2.45, 2.75) is 33.1 Å². The number of nitriles is 1. The minimum Gasteiger partial charge on any atom is -0.192 e. The molecule has 0 fully saturated rings. The van der Waals surface area contributed by atoms with Crippen molar-refractivity contribution < 1.29 is 0 Å². The average molecular weight is 179 g/mol. The quantitative estimate of drug-likeness (QED) is 0.699. The highest BCUT2D eigenvalue weighted by molar-refractivity contribution is 7.12. The summed E-state index contributed by atoms with van der Waals surface area (Å²) in [7, 11) is 0. The average Bonchev–Trinajstić information content (AvgIpc) is 2.48. The molecule has 0 saturated carbocycles. The third-order valence-corrected chi connectivity index (χ3v) is 3.07. The molecule has 64 valence electrons. The number of aryl methyl sites for hydroxylation is 2. The van der Waals surface area contributed by atoms with Crippen LogP contribution in [0, 0.1) is 11.3 Å². The minimum atomic E-state index is 0.857. The third-order valence-electron chi connectivity index (χ3n) is 1.85. The molecule has 1 aromatic heterocycles. The molecule has 0 aliphatic carbocycles. The third kappa shape index (κ3) is 1.86. The van der Waals surface area contributed by atoms with Crippen molar-refractivity contribution in [2.75, 3.05) is 0 Å². The Labute approximate surface area is 77.7 Å². The van der Waals surface area contributed by atoms with Crippen molar-refractivity contribution in [2.24, 2.45) is 0 Å². The van der Waals surface area contributed by atoms with Gasteiger partial charge >= 0.3 is 0 Å². The van der Waals surface area contributed by atoms with Crippen LogP contribution in [0.15, 0.2) is 6.07 Å². The lowest BCUT2D eigenvalue weighted by atomic mass is 10.1. The Bertz CT molecular complexity index is 293. The second kappa shape index (κ2) is 4.27. The number of thiophene rings is 1. The fraction of sp³-hybridized carbons (Fsp3) is 0.500. The van der Waals surface area contributed by atoms with E-state index in [-0.39, 0.29) is 0 Å². The van der Waals surface area contributed by atoms with Crippen LogP contribution in [0.5, 0.6) is 0 Å². The van der Waals surface area contributed by atoms with Crippen molar-refractivity contribution >= 4 is 11.3 Å². The minimum absolute atomic E-state index is 0.857. The lowest BCUT2D eigenvalue weighted by molar-refractivity contribution is 0.910. The number of hydrogen-bond acceptors (Lipinski definition) is 2. The number of rotatable bonds is 3. The maximum absolute atomic E-state index is 8.70. The van der Waals surface area contributed by atoms with Gasteiger partial charge in [0.25, 0.3) is 0 Å². The van der Waals surface area contributed by atoms with E-state index in [1.54, 1.807) is 11.3 Å². The van der Waals surface area contributed by atoms with Gasteiger partial charge in [0.2, 0.25) is 0 Å². The molecule has 0 saturated heterocycles. The highest BCUT2D eigenvalue weighted by Gasteiger charge is 2.05. The van der Waals surface area contributed by atoms with Gasteiger partial charge in [-0.25, -0.2) is 0 Å². The predicted molar refractivity (Wildman–Crippen MR) is 52.4 cm³/mol. The molecule has 0 aromatic carbocycles. The standard InChI is InChI=1S/C10H13NS/c1-3-5-8-6-9(7-11)12-10(8)4-2/h6H,3-5H2,1-2H3. The van der Waals surface area contributed by atoms with Crippen LogP contribution in [0.1, 0.15) is 35.6 Å². The first kappa shape index (κ1) is 9.28. The van der Waals surface area contributed by atoms with Gasteiger partial charge in [-0.2, -0.15) is 5.26 Å². The molecule has 0 spiro atoms. The monoisotopic (exact) mass is 179 g/mol. The van der Waals surface area contributed by atoms with Crippen LogP contribution in [-0.2, 0) is 12.8 Å². The van der Waals surface area contributed by atoms with Gasteiger partial charge < -0.3 is 0 Å². The Morgan fingerprint density at radius 1 is 1.50 bits per heavy atom. The van der Waals surface area contributed by atoms with E-state index in [0.29, 0.717) is 0 Å². The van der Waals surface area contributed by atoms with Gasteiger partial charge in [0.15, 0.2) is 0 Å². The van der Waals surface area contributed by atoms with Gasteiger partial charge in [0.1, 0.15) is 10.9 Å². The number of nitrogens with zero attached hydrogens (tertiary/aromatic N) is 1. The summed E-state index contributed by atoms with van der Waals surface area (Å²) in [4.78, 5) is 2.24. The molecule has 0 atom stereocenters. The molecule has 0 aliphatic rings. The summed E-state index contributed by atoms with van der Waals surface area (Å²) in [6, 6.07) is 4.23. The zero-order valence-electron chi connectivity index (χ0n) is 7.55. The smallest absolute Gasteiger partial charge is 0.110 e. The van der Waals surface area contributed by atoms with Crippen LogP contribution in [0.25, 0.3) is 0 Å². The zero-order valence-corrected chi connectivity index (χ0v) is 8.37. The molecule has 0 unspecified atom stereocenters. The molecule has 1 nitrogen and oxygen atoms in total. The molecular weight excluding hydrogens is 166 g/mol. The Morgan fingerprint density at radius 3 is 2.75 bits per heavy atom. The van der Waals surface area contributed by atoms with Crippen molar-refractivity contribution in [3.63, 3.8) is 0 Å². The molecule has 2 heteroatoms. The Balaban J connectivity index is 2.93. The molecule has 0 radical (unpaired) electrons. The van der Waals surface area contributed by atoms with E-state index in [4.69, 9.17) is 5.26 Å². The van der Waals surface area contributed by atoms with Crippen LogP contribution >= 0.6 is 11.3 Å². The molecule has 12 heavy (non-hydrogen) atoms. The van der Waals surface area contributed by atoms with E-state index in [2.05, 4.69) is 19.9 Å². The molecule has 1 rings (SSSR count). The normalized spacial score (nSPS) is 9.75. The lowest BCUT2D eigenvalue weighted by Gasteiger charge is -1.96. The summed E-state index contributed by atoms with van der Waals surface area (Å²) in [5.74, 6) is 0. The van der Waals surface area contributed by atoms with Crippen molar-refractivity contribution in [3.8, 4) is 6.07 Å². The maximum Gasteiger partial charge on any atom is 0.110 e. The summed E-state index contributed by atoms with van der Waals surface area (Å²) in [5, 5.41) is 8.70. The van der Waals surface area contributed by atoms with Crippen molar-refractivity contribution in [1.82, 2.24) is 0 Å².